The lowest BCUT2D eigenvalue weighted by atomic mass is 10.2. The molecule has 0 aliphatic carbocycles. The van der Waals surface area contributed by atoms with Gasteiger partial charge in [-0.3, -0.25) is 9.36 Å². The van der Waals surface area contributed by atoms with Crippen molar-refractivity contribution in [2.45, 2.75) is 11.5 Å². The number of halogens is 1. The molecule has 0 amide bonds. The molecule has 0 saturated heterocycles. The highest BCUT2D eigenvalue weighted by Gasteiger charge is 2.27. The lowest BCUT2D eigenvalue weighted by molar-refractivity contribution is 0.487. The minimum absolute atomic E-state index is 0.0553. The van der Waals surface area contributed by atoms with Crippen LogP contribution in [0.1, 0.15) is 0 Å². The molecule has 0 bridgehead atoms. The largest absolute Gasteiger partial charge is 0.384 e. The Balaban J connectivity index is 2.02. The Labute approximate surface area is 159 Å². The molecule has 1 atom stereocenters. The van der Waals surface area contributed by atoms with E-state index in [2.05, 4.69) is 10.3 Å². The fraction of sp³-hybridized carbons (Fsp3) is 0.105. The van der Waals surface area contributed by atoms with Crippen molar-refractivity contribution in [3.05, 3.63) is 87.7 Å². The fourth-order valence-electron chi connectivity index (χ4n) is 3.02. The molecule has 7 nitrogen and oxygen atoms in total. The van der Waals surface area contributed by atoms with Crippen molar-refractivity contribution < 1.29 is 0 Å². The summed E-state index contributed by atoms with van der Waals surface area (Å²) in [5.41, 5.74) is 5.57. The average molecular weight is 382 g/mol. The number of para-hydroxylation sites is 1. The molecule has 3 aromatic rings. The van der Waals surface area contributed by atoms with E-state index in [-0.39, 0.29) is 23.4 Å². The van der Waals surface area contributed by atoms with Crippen LogP contribution in [0.25, 0.3) is 16.7 Å². The second-order valence-electron chi connectivity index (χ2n) is 6.18. The van der Waals surface area contributed by atoms with Crippen LogP contribution in [0, 0.1) is 0 Å². The van der Waals surface area contributed by atoms with Crippen LogP contribution in [0.15, 0.2) is 76.5 Å². The first-order valence-electron chi connectivity index (χ1n) is 8.27. The molecule has 4 rings (SSSR count). The van der Waals surface area contributed by atoms with E-state index in [4.69, 9.17) is 17.3 Å². The molecule has 1 unspecified atom stereocenters. The standard InChI is InChI=1S/C19H16ClN5O2/c20-19(10-4-5-11-22-19)12-24-17(26)14-8-9-15(21)23-16(14)25(18(24)27)13-6-2-1-3-7-13/h1-11,22H,12H2,(H2,21,23). The number of fused-ring (bicyclic) bond motifs is 1. The second-order valence-corrected chi connectivity index (χ2v) is 6.85. The minimum Gasteiger partial charge on any atom is -0.384 e. The summed E-state index contributed by atoms with van der Waals surface area (Å²) in [5.74, 6) is 0.222. The predicted octanol–water partition coefficient (Wildman–Crippen LogP) is 1.74. The van der Waals surface area contributed by atoms with E-state index in [0.717, 1.165) is 4.57 Å². The molecule has 2 aromatic heterocycles. The van der Waals surface area contributed by atoms with Crippen LogP contribution in [-0.4, -0.2) is 19.1 Å². The van der Waals surface area contributed by atoms with Crippen molar-refractivity contribution >= 4 is 28.5 Å². The predicted molar refractivity (Wildman–Crippen MR) is 106 cm³/mol. The summed E-state index contributed by atoms with van der Waals surface area (Å²) in [5, 5.41) is 3.25. The molecule has 27 heavy (non-hydrogen) atoms. The number of nitrogen functional groups attached to an aromatic ring is 1. The van der Waals surface area contributed by atoms with Gasteiger partial charge in [0.1, 0.15) is 10.8 Å². The van der Waals surface area contributed by atoms with E-state index in [0.29, 0.717) is 5.69 Å². The van der Waals surface area contributed by atoms with Gasteiger partial charge in [-0.15, -0.1) is 0 Å². The molecular weight excluding hydrogens is 366 g/mol. The summed E-state index contributed by atoms with van der Waals surface area (Å²) in [6.45, 7) is -0.0553. The van der Waals surface area contributed by atoms with Crippen molar-refractivity contribution in [3.8, 4) is 5.69 Å². The number of nitrogens with two attached hydrogens (primary N) is 1. The molecule has 3 N–H and O–H groups in total. The van der Waals surface area contributed by atoms with E-state index in [1.165, 1.54) is 10.6 Å². The highest BCUT2D eigenvalue weighted by molar-refractivity contribution is 6.25. The Kier molecular flexibility index (Phi) is 4.08. The zero-order valence-corrected chi connectivity index (χ0v) is 14.9. The van der Waals surface area contributed by atoms with Crippen LogP contribution in [0.5, 0.6) is 0 Å². The van der Waals surface area contributed by atoms with Gasteiger partial charge in [0.25, 0.3) is 5.56 Å². The normalized spacial score (nSPS) is 18.6. The van der Waals surface area contributed by atoms with Gasteiger partial charge in [0.15, 0.2) is 5.65 Å². The molecule has 136 valence electrons. The molecule has 8 heteroatoms. The molecule has 0 saturated carbocycles. The zero-order valence-electron chi connectivity index (χ0n) is 14.2. The molecule has 1 aromatic carbocycles. The maximum absolute atomic E-state index is 13.2. The number of allylic oxidation sites excluding steroid dienone is 2. The van der Waals surface area contributed by atoms with Crippen molar-refractivity contribution in [1.82, 2.24) is 19.4 Å². The summed E-state index contributed by atoms with van der Waals surface area (Å²) in [6, 6.07) is 12.1. The quantitative estimate of drug-likeness (QED) is 0.532. The van der Waals surface area contributed by atoms with Gasteiger partial charge < -0.3 is 11.1 Å². The van der Waals surface area contributed by atoms with E-state index in [1.54, 1.807) is 54.8 Å². The monoisotopic (exact) mass is 381 g/mol. The Hall–Kier alpha value is -3.32. The summed E-state index contributed by atoms with van der Waals surface area (Å²) in [6.07, 6.45) is 6.89. The fourth-order valence-corrected chi connectivity index (χ4v) is 3.28. The van der Waals surface area contributed by atoms with Crippen molar-refractivity contribution in [2.75, 3.05) is 5.73 Å². The first-order valence-corrected chi connectivity index (χ1v) is 8.65. The topological polar surface area (TPSA) is 94.9 Å². The van der Waals surface area contributed by atoms with Crippen molar-refractivity contribution in [1.29, 1.82) is 0 Å². The number of pyridine rings is 1. The van der Waals surface area contributed by atoms with Crippen LogP contribution < -0.4 is 22.3 Å². The summed E-state index contributed by atoms with van der Waals surface area (Å²) in [7, 11) is 0. The SMILES string of the molecule is Nc1ccc2c(=O)n(CC3(Cl)C=CC=CN3)c(=O)n(-c3ccccc3)c2n1. The number of dihydropyridines is 1. The van der Waals surface area contributed by atoms with Crippen LogP contribution in [0.4, 0.5) is 5.82 Å². The Morgan fingerprint density at radius 1 is 1.11 bits per heavy atom. The number of benzene rings is 1. The Morgan fingerprint density at radius 2 is 1.89 bits per heavy atom. The molecule has 1 aliphatic heterocycles. The lowest BCUT2D eigenvalue weighted by Gasteiger charge is -2.26. The number of hydrogen-bond acceptors (Lipinski definition) is 5. The first kappa shape index (κ1) is 17.1. The van der Waals surface area contributed by atoms with Crippen LogP contribution in [0.3, 0.4) is 0 Å². The highest BCUT2D eigenvalue weighted by Crippen LogP contribution is 2.19. The first-order chi connectivity index (χ1) is 13.0. The summed E-state index contributed by atoms with van der Waals surface area (Å²) < 4.78 is 2.48. The zero-order chi connectivity index (χ0) is 19.0. The smallest absolute Gasteiger partial charge is 0.337 e. The molecule has 0 spiro atoms. The second kappa shape index (κ2) is 6.44. The van der Waals surface area contributed by atoms with E-state index < -0.39 is 16.2 Å². The molecule has 0 radical (unpaired) electrons. The Morgan fingerprint density at radius 3 is 2.59 bits per heavy atom. The number of hydrogen-bond donors (Lipinski definition) is 2. The number of aromatic nitrogens is 3. The van der Waals surface area contributed by atoms with E-state index in [1.807, 2.05) is 6.07 Å². The van der Waals surface area contributed by atoms with Gasteiger partial charge >= 0.3 is 5.69 Å². The molecular formula is C19H16ClN5O2. The average Bonchev–Trinajstić information content (AvgIpc) is 2.67. The minimum atomic E-state index is -1.08. The number of nitrogens with zero attached hydrogens (tertiary/aromatic N) is 3. The highest BCUT2D eigenvalue weighted by atomic mass is 35.5. The summed E-state index contributed by atoms with van der Waals surface area (Å²) in [4.78, 5) is 29.4. The third-order valence-corrected chi connectivity index (χ3v) is 4.65. The third kappa shape index (κ3) is 3.02. The van der Waals surface area contributed by atoms with Crippen LogP contribution in [-0.2, 0) is 6.54 Å². The van der Waals surface area contributed by atoms with Crippen molar-refractivity contribution in [3.63, 3.8) is 0 Å². The maximum Gasteiger partial charge on any atom is 0.337 e. The summed E-state index contributed by atoms with van der Waals surface area (Å²) >= 11 is 6.54. The van der Waals surface area contributed by atoms with Crippen LogP contribution in [0.2, 0.25) is 0 Å². The number of alkyl halides is 1. The van der Waals surface area contributed by atoms with E-state index in [9.17, 15) is 9.59 Å². The molecule has 0 fully saturated rings. The van der Waals surface area contributed by atoms with Gasteiger partial charge in [0, 0.05) is 0 Å². The third-order valence-electron chi connectivity index (χ3n) is 4.30. The number of nitrogens with one attached hydrogen (secondary N) is 1. The maximum atomic E-state index is 13.2. The van der Waals surface area contributed by atoms with Gasteiger partial charge in [0.2, 0.25) is 0 Å². The van der Waals surface area contributed by atoms with Gasteiger partial charge in [-0.25, -0.2) is 14.3 Å². The van der Waals surface area contributed by atoms with Crippen molar-refractivity contribution in [2.24, 2.45) is 0 Å². The van der Waals surface area contributed by atoms with Gasteiger partial charge in [-0.2, -0.15) is 0 Å². The van der Waals surface area contributed by atoms with Crippen LogP contribution >= 0.6 is 11.6 Å². The van der Waals surface area contributed by atoms with Gasteiger partial charge in [-0.1, -0.05) is 35.9 Å². The van der Waals surface area contributed by atoms with E-state index >= 15 is 0 Å². The van der Waals surface area contributed by atoms with Gasteiger partial charge in [-0.05, 0) is 42.6 Å². The number of anilines is 1. The molecule has 1 aliphatic rings. The Bertz CT molecular complexity index is 1200. The van der Waals surface area contributed by atoms with Gasteiger partial charge in [0.05, 0.1) is 17.6 Å². The number of rotatable bonds is 3. The molecule has 3 heterocycles. The lowest BCUT2D eigenvalue weighted by Crippen LogP contribution is -2.48.